The van der Waals surface area contributed by atoms with Crippen LogP contribution in [0.15, 0.2) is 97.1 Å². The molecule has 0 saturated heterocycles. The summed E-state index contributed by atoms with van der Waals surface area (Å²) in [6.45, 7) is 3.45. The van der Waals surface area contributed by atoms with E-state index in [1.165, 1.54) is 4.90 Å². The van der Waals surface area contributed by atoms with E-state index in [1.807, 2.05) is 83.3 Å². The molecule has 0 aliphatic carbocycles. The summed E-state index contributed by atoms with van der Waals surface area (Å²) in [6, 6.07) is 29.2. The number of rotatable bonds is 10. The van der Waals surface area contributed by atoms with Gasteiger partial charge < -0.3 is 40.2 Å². The van der Waals surface area contributed by atoms with Crippen molar-refractivity contribution in [1.82, 2.24) is 10.2 Å². The van der Waals surface area contributed by atoms with E-state index < -0.39 is 6.09 Å². The number of aromatic hydroxyl groups is 1. The molecule has 12 nitrogen and oxygen atoms in total. The molecule has 0 spiro atoms. The van der Waals surface area contributed by atoms with Crippen LogP contribution in [-0.4, -0.2) is 61.0 Å². The number of amides is 3. The average Bonchev–Trinajstić information content (AvgIpc) is 3.46. The first-order valence-electron chi connectivity index (χ1n) is 17.4. The van der Waals surface area contributed by atoms with Crippen LogP contribution in [0.2, 0.25) is 0 Å². The molecule has 0 unspecified atom stereocenters. The van der Waals surface area contributed by atoms with Crippen LogP contribution in [0.4, 0.5) is 4.79 Å². The Morgan fingerprint density at radius 2 is 1.12 bits per heavy atom. The minimum absolute atomic E-state index is 0.0833. The number of hydrogen-bond acceptors (Lipinski definition) is 10. The molecule has 0 radical (unpaired) electrons. The molecular weight excluding hydrogens is 1200 g/mol. The first kappa shape index (κ1) is 48.9. The van der Waals surface area contributed by atoms with Gasteiger partial charge in [0.05, 0.1) is 66.5 Å². The molecule has 58 heavy (non-hydrogen) atoms. The number of methoxy groups -OCH3 is 3. The van der Waals surface area contributed by atoms with Gasteiger partial charge in [-0.2, -0.15) is 0 Å². The maximum Gasteiger partial charge on any atom is 0.407 e. The summed E-state index contributed by atoms with van der Waals surface area (Å²) in [6.07, 6.45) is -0.430. The van der Waals surface area contributed by atoms with Gasteiger partial charge in [0.1, 0.15) is 23.0 Å². The molecule has 6 rings (SSSR count). The maximum atomic E-state index is 12.3. The lowest BCUT2D eigenvalue weighted by Gasteiger charge is -2.14. The molecular formula is C42H43I4N3O9. The lowest BCUT2D eigenvalue weighted by molar-refractivity contribution is 0.0642. The highest BCUT2D eigenvalue weighted by atomic mass is 127. The van der Waals surface area contributed by atoms with Gasteiger partial charge in [-0.05, 0) is 180 Å². The zero-order chi connectivity index (χ0) is 42.8. The number of fused-ring (bicyclic) bond motifs is 1. The van der Waals surface area contributed by atoms with E-state index in [4.69, 9.17) is 29.8 Å². The summed E-state index contributed by atoms with van der Waals surface area (Å²) < 4.78 is 23.9. The van der Waals surface area contributed by atoms with Crippen molar-refractivity contribution in [1.29, 1.82) is 0 Å². The Labute approximate surface area is 392 Å². The molecule has 1 aliphatic heterocycles. The first-order chi connectivity index (χ1) is 27.8. The number of alkyl carbamates (subject to hydrolysis) is 1. The van der Waals surface area contributed by atoms with Gasteiger partial charge in [0.15, 0.2) is 0 Å². The Bertz CT molecular complexity index is 2080. The van der Waals surface area contributed by atoms with Gasteiger partial charge in [-0.25, -0.2) is 4.79 Å². The van der Waals surface area contributed by atoms with Crippen molar-refractivity contribution in [3.8, 4) is 23.0 Å². The number of halogens is 4. The van der Waals surface area contributed by atoms with E-state index >= 15 is 0 Å². The second-order valence-electron chi connectivity index (χ2n) is 11.9. The van der Waals surface area contributed by atoms with Crippen molar-refractivity contribution in [3.63, 3.8) is 0 Å². The van der Waals surface area contributed by atoms with Gasteiger partial charge in [-0.1, -0.05) is 36.4 Å². The van der Waals surface area contributed by atoms with Crippen molar-refractivity contribution >= 4 is 108 Å². The number of ether oxygens (including phenoxy) is 4. The summed E-state index contributed by atoms with van der Waals surface area (Å²) in [5.74, 6) is 2.31. The number of carbonyl (C=O) groups excluding carboxylic acids is 3. The number of nitrogens with zero attached hydrogens (tertiary/aromatic N) is 1. The molecule has 0 fully saturated rings. The lowest BCUT2D eigenvalue weighted by atomic mass is 10.1. The van der Waals surface area contributed by atoms with Gasteiger partial charge in [0.25, 0.3) is 11.8 Å². The fourth-order valence-corrected chi connectivity index (χ4v) is 8.02. The lowest BCUT2D eigenvalue weighted by Crippen LogP contribution is -2.29. The number of aliphatic hydroxyl groups excluding tert-OH is 1. The molecule has 1 aliphatic rings. The zero-order valence-electron chi connectivity index (χ0n) is 32.1. The summed E-state index contributed by atoms with van der Waals surface area (Å²) in [5, 5.41) is 20.7. The monoisotopic (exact) mass is 1240 g/mol. The third-order valence-corrected chi connectivity index (χ3v) is 11.4. The molecule has 5 N–H and O–H groups in total. The van der Waals surface area contributed by atoms with Gasteiger partial charge in [-0.15, -0.1) is 0 Å². The normalized spacial score (nSPS) is 11.1. The third-order valence-electron chi connectivity index (χ3n) is 8.01. The van der Waals surface area contributed by atoms with Crippen molar-refractivity contribution in [2.24, 2.45) is 5.73 Å². The fourth-order valence-electron chi connectivity index (χ4n) is 5.04. The van der Waals surface area contributed by atoms with Gasteiger partial charge >= 0.3 is 6.09 Å². The predicted octanol–water partition coefficient (Wildman–Crippen LogP) is 8.89. The van der Waals surface area contributed by atoms with Crippen molar-refractivity contribution in [3.05, 3.63) is 145 Å². The second-order valence-corrected chi connectivity index (χ2v) is 16.5. The average molecular weight is 1240 g/mol. The SMILES string of the molecule is CCOC(=O)NCc1ccc(O)c(I)c1.COc1ccc(CN)cc1I.COc1ccc(CN2C(=O)c3ccccc3C2=O)cc1I.COc1ccc(CO)cc1I. The molecule has 5 aromatic carbocycles. The van der Waals surface area contributed by atoms with Gasteiger partial charge in [0.2, 0.25) is 0 Å². The molecule has 0 aromatic heterocycles. The van der Waals surface area contributed by atoms with E-state index in [9.17, 15) is 19.5 Å². The molecule has 5 aromatic rings. The number of benzene rings is 5. The quantitative estimate of drug-likeness (QED) is 0.0783. The van der Waals surface area contributed by atoms with Crippen LogP contribution in [0.1, 0.15) is 49.9 Å². The number of nitrogens with one attached hydrogen (secondary N) is 1. The third kappa shape index (κ3) is 14.7. The molecule has 16 heteroatoms. The Morgan fingerprint density at radius 3 is 1.57 bits per heavy atom. The highest BCUT2D eigenvalue weighted by Gasteiger charge is 2.35. The highest BCUT2D eigenvalue weighted by Crippen LogP contribution is 2.27. The standard InChI is InChI=1S/C16H12INO3.C10H12INO3.C8H10INO.C8H9IO2/c1-21-14-7-6-10(8-13(14)17)9-18-15(19)11-4-2-3-5-12(11)16(18)20;1-2-15-10(14)12-6-7-3-4-9(13)8(11)5-7;2*1-11-8-3-2-6(5-10)4-7(8)9/h2-8H,9H2,1H3;3-5,13H,2,6H2,1H3,(H,12,14);2-4H,5,10H2,1H3;2-4,10H,5H2,1H3. The number of imide groups is 1. The highest BCUT2D eigenvalue weighted by molar-refractivity contribution is 14.1. The number of nitrogens with two attached hydrogens (primary N) is 1. The number of phenols is 1. The molecule has 308 valence electrons. The van der Waals surface area contributed by atoms with Crippen molar-refractivity contribution in [2.45, 2.75) is 33.2 Å². The Morgan fingerprint density at radius 1 is 0.672 bits per heavy atom. The van der Waals surface area contributed by atoms with Gasteiger partial charge in [0, 0.05) is 13.1 Å². The Hall–Kier alpha value is -3.45. The molecule has 3 amide bonds. The van der Waals surface area contributed by atoms with Crippen LogP contribution < -0.4 is 25.3 Å². The van der Waals surface area contributed by atoms with E-state index in [-0.39, 0.29) is 30.7 Å². The topological polar surface area (TPSA) is 170 Å². The summed E-state index contributed by atoms with van der Waals surface area (Å²) in [5.41, 5.74) is 10.3. The number of hydrogen-bond donors (Lipinski definition) is 4. The molecule has 1 heterocycles. The summed E-state index contributed by atoms with van der Waals surface area (Å²) in [4.78, 5) is 36.9. The largest absolute Gasteiger partial charge is 0.507 e. The number of phenolic OH excluding ortho intramolecular Hbond substituents is 1. The smallest absolute Gasteiger partial charge is 0.407 e. The molecule has 0 atom stereocenters. The summed E-state index contributed by atoms with van der Waals surface area (Å²) >= 11 is 8.60. The fraction of sp³-hybridized carbons (Fsp3) is 0.214. The van der Waals surface area contributed by atoms with Crippen LogP contribution in [0.3, 0.4) is 0 Å². The van der Waals surface area contributed by atoms with E-state index in [2.05, 4.69) is 73.1 Å². The van der Waals surface area contributed by atoms with Crippen LogP contribution in [0, 0.1) is 14.3 Å². The minimum Gasteiger partial charge on any atom is -0.507 e. The zero-order valence-corrected chi connectivity index (χ0v) is 40.7. The van der Waals surface area contributed by atoms with Crippen molar-refractivity contribution in [2.75, 3.05) is 27.9 Å². The molecule has 0 bridgehead atoms. The van der Waals surface area contributed by atoms with Crippen LogP contribution in [-0.2, 0) is 31.0 Å². The first-order valence-corrected chi connectivity index (χ1v) is 21.7. The van der Waals surface area contributed by atoms with Gasteiger partial charge in [-0.3, -0.25) is 14.5 Å². The Kier molecular flexibility index (Phi) is 21.3. The van der Waals surface area contributed by atoms with Crippen LogP contribution in [0.25, 0.3) is 0 Å². The second kappa shape index (κ2) is 25.2. The van der Waals surface area contributed by atoms with Crippen LogP contribution in [0.5, 0.6) is 23.0 Å². The maximum absolute atomic E-state index is 12.3. The van der Waals surface area contributed by atoms with E-state index in [0.29, 0.717) is 30.8 Å². The predicted molar refractivity (Wildman–Crippen MR) is 256 cm³/mol. The molecule has 0 saturated carbocycles. The Balaban J connectivity index is 0.000000216. The van der Waals surface area contributed by atoms with Crippen molar-refractivity contribution < 1.29 is 43.5 Å². The van der Waals surface area contributed by atoms with E-state index in [1.54, 1.807) is 64.7 Å². The summed E-state index contributed by atoms with van der Waals surface area (Å²) in [7, 11) is 4.91. The van der Waals surface area contributed by atoms with Crippen LogP contribution >= 0.6 is 90.4 Å². The minimum atomic E-state index is -0.430. The van der Waals surface area contributed by atoms with E-state index in [0.717, 1.165) is 53.8 Å². The number of carbonyl (C=O) groups is 3. The number of aliphatic hydroxyl groups is 1.